The lowest BCUT2D eigenvalue weighted by Gasteiger charge is -2.03. The Kier molecular flexibility index (Phi) is 3.17. The molecule has 70 valence electrons. The molecule has 0 saturated carbocycles. The van der Waals surface area contributed by atoms with Gasteiger partial charge in [0.25, 0.3) is 0 Å². The summed E-state index contributed by atoms with van der Waals surface area (Å²) in [5.74, 6) is -0.335. The number of alkyl halides is 1. The molecule has 0 aliphatic rings. The summed E-state index contributed by atoms with van der Waals surface area (Å²) in [5, 5.41) is 8.83. The van der Waals surface area contributed by atoms with Crippen LogP contribution < -0.4 is 0 Å². The summed E-state index contributed by atoms with van der Waals surface area (Å²) in [6.45, 7) is 1.58. The highest BCUT2D eigenvalue weighted by Crippen LogP contribution is 2.24. The van der Waals surface area contributed by atoms with Crippen LogP contribution in [0.15, 0.2) is 18.2 Å². The molecule has 1 N–H and O–H groups in total. The molecule has 0 fully saturated rings. The first-order chi connectivity index (χ1) is 6.02. The molecule has 2 nitrogen and oxygen atoms in total. The third kappa shape index (κ3) is 2.36. The largest absolute Gasteiger partial charge is 0.506 e. The lowest BCUT2D eigenvalue weighted by atomic mass is 10.1. The highest BCUT2D eigenvalue weighted by Gasteiger charge is 2.13. The standard InChI is InChI=1S/C9H8Cl2O2/c1-5(10)9(13)6-2-3-7(11)8(12)4-6/h2-5,12H,1H3. The van der Waals surface area contributed by atoms with Crippen molar-refractivity contribution in [3.63, 3.8) is 0 Å². The molecule has 13 heavy (non-hydrogen) atoms. The van der Waals surface area contributed by atoms with Gasteiger partial charge >= 0.3 is 0 Å². The second-order valence-corrected chi connectivity index (χ2v) is 3.71. The van der Waals surface area contributed by atoms with Crippen molar-refractivity contribution in [2.24, 2.45) is 0 Å². The van der Waals surface area contributed by atoms with E-state index < -0.39 is 5.38 Å². The Morgan fingerprint density at radius 1 is 1.54 bits per heavy atom. The van der Waals surface area contributed by atoms with Gasteiger partial charge in [-0.25, -0.2) is 0 Å². The van der Waals surface area contributed by atoms with Gasteiger partial charge in [0.1, 0.15) is 5.75 Å². The van der Waals surface area contributed by atoms with Crippen LogP contribution in [0.25, 0.3) is 0 Å². The molecule has 1 aromatic carbocycles. The number of carbonyl (C=O) groups excluding carboxylic acids is 1. The van der Waals surface area contributed by atoms with E-state index in [1.165, 1.54) is 18.2 Å². The molecular formula is C9H8Cl2O2. The zero-order valence-electron chi connectivity index (χ0n) is 6.92. The fraction of sp³-hybridized carbons (Fsp3) is 0.222. The van der Waals surface area contributed by atoms with Gasteiger partial charge in [0.15, 0.2) is 5.78 Å². The van der Waals surface area contributed by atoms with Crippen molar-refractivity contribution < 1.29 is 9.90 Å². The molecule has 0 saturated heterocycles. The quantitative estimate of drug-likeness (QED) is 0.613. The van der Waals surface area contributed by atoms with E-state index in [1.807, 2.05) is 0 Å². The average Bonchev–Trinajstić information content (AvgIpc) is 2.08. The maximum absolute atomic E-state index is 11.3. The number of halogens is 2. The summed E-state index contributed by atoms with van der Waals surface area (Å²) in [4.78, 5) is 11.3. The Hall–Kier alpha value is -0.730. The van der Waals surface area contributed by atoms with Crippen molar-refractivity contribution in [3.8, 4) is 5.75 Å². The zero-order valence-corrected chi connectivity index (χ0v) is 8.43. The van der Waals surface area contributed by atoms with Crippen molar-refractivity contribution >= 4 is 29.0 Å². The topological polar surface area (TPSA) is 37.3 Å². The van der Waals surface area contributed by atoms with E-state index in [-0.39, 0.29) is 16.6 Å². The summed E-state index contributed by atoms with van der Waals surface area (Å²) in [6.07, 6.45) is 0. The van der Waals surface area contributed by atoms with E-state index in [0.717, 1.165) is 0 Å². The van der Waals surface area contributed by atoms with E-state index in [4.69, 9.17) is 23.2 Å². The van der Waals surface area contributed by atoms with Crippen molar-refractivity contribution in [2.75, 3.05) is 0 Å². The number of hydrogen-bond acceptors (Lipinski definition) is 2. The second kappa shape index (κ2) is 3.99. The van der Waals surface area contributed by atoms with Crippen LogP contribution in [0.1, 0.15) is 17.3 Å². The van der Waals surface area contributed by atoms with Gasteiger partial charge in [0.05, 0.1) is 10.4 Å². The predicted molar refractivity (Wildman–Crippen MR) is 52.8 cm³/mol. The van der Waals surface area contributed by atoms with Gasteiger partial charge in [-0.1, -0.05) is 11.6 Å². The normalized spacial score (nSPS) is 12.5. The van der Waals surface area contributed by atoms with Crippen molar-refractivity contribution in [1.82, 2.24) is 0 Å². The molecular weight excluding hydrogens is 211 g/mol. The summed E-state index contributed by atoms with van der Waals surface area (Å²) < 4.78 is 0. The molecule has 0 amide bonds. The molecule has 0 aromatic heterocycles. The van der Waals surface area contributed by atoms with Crippen LogP contribution >= 0.6 is 23.2 Å². The first kappa shape index (κ1) is 10.4. The number of hydrogen-bond donors (Lipinski definition) is 1. The molecule has 4 heteroatoms. The zero-order chi connectivity index (χ0) is 10.0. The minimum atomic E-state index is -0.597. The number of carbonyl (C=O) groups is 1. The van der Waals surface area contributed by atoms with Gasteiger partial charge in [-0.05, 0) is 25.1 Å². The van der Waals surface area contributed by atoms with Crippen LogP contribution in [0.5, 0.6) is 5.75 Å². The molecule has 0 bridgehead atoms. The minimum Gasteiger partial charge on any atom is -0.506 e. The van der Waals surface area contributed by atoms with Crippen LogP contribution in [-0.4, -0.2) is 16.3 Å². The molecule has 1 rings (SSSR count). The van der Waals surface area contributed by atoms with Crippen LogP contribution in [0.2, 0.25) is 5.02 Å². The molecule has 1 aromatic rings. The monoisotopic (exact) mass is 218 g/mol. The molecule has 0 aliphatic heterocycles. The Morgan fingerprint density at radius 2 is 2.15 bits per heavy atom. The third-order valence-electron chi connectivity index (χ3n) is 1.59. The molecule has 0 radical (unpaired) electrons. The second-order valence-electron chi connectivity index (χ2n) is 2.65. The Bertz CT molecular complexity index is 334. The summed E-state index contributed by atoms with van der Waals surface area (Å²) >= 11 is 11.2. The molecule has 0 spiro atoms. The fourth-order valence-electron chi connectivity index (χ4n) is 0.896. The number of aromatic hydroxyl groups is 1. The number of Topliss-reactive ketones (excluding diaryl/α,β-unsaturated/α-hetero) is 1. The number of phenols is 1. The number of phenolic OH excluding ortho intramolecular Hbond substituents is 1. The number of rotatable bonds is 2. The minimum absolute atomic E-state index is 0.107. The first-order valence-corrected chi connectivity index (χ1v) is 4.50. The van der Waals surface area contributed by atoms with Gasteiger partial charge in [0, 0.05) is 5.56 Å². The van der Waals surface area contributed by atoms with Crippen LogP contribution in [0.4, 0.5) is 0 Å². The van der Waals surface area contributed by atoms with Gasteiger partial charge < -0.3 is 5.11 Å². The summed E-state index contributed by atoms with van der Waals surface area (Å²) in [6, 6.07) is 4.30. The van der Waals surface area contributed by atoms with E-state index in [2.05, 4.69) is 0 Å². The lowest BCUT2D eigenvalue weighted by molar-refractivity contribution is 0.0991. The maximum Gasteiger partial charge on any atom is 0.180 e. The summed E-state index contributed by atoms with van der Waals surface area (Å²) in [7, 11) is 0. The molecule has 0 heterocycles. The van der Waals surface area contributed by atoms with Gasteiger partial charge in [-0.15, -0.1) is 11.6 Å². The van der Waals surface area contributed by atoms with E-state index in [0.29, 0.717) is 5.56 Å². The molecule has 1 unspecified atom stereocenters. The maximum atomic E-state index is 11.3. The number of benzene rings is 1. The third-order valence-corrected chi connectivity index (χ3v) is 2.11. The predicted octanol–water partition coefficient (Wildman–Crippen LogP) is 2.86. The molecule has 0 aliphatic carbocycles. The fourth-order valence-corrected chi connectivity index (χ4v) is 1.14. The van der Waals surface area contributed by atoms with Crippen LogP contribution in [-0.2, 0) is 0 Å². The Morgan fingerprint density at radius 3 is 2.62 bits per heavy atom. The first-order valence-electron chi connectivity index (χ1n) is 3.69. The molecule has 1 atom stereocenters. The van der Waals surface area contributed by atoms with Crippen LogP contribution in [0.3, 0.4) is 0 Å². The highest BCUT2D eigenvalue weighted by molar-refractivity contribution is 6.34. The number of ketones is 1. The van der Waals surface area contributed by atoms with Crippen molar-refractivity contribution in [1.29, 1.82) is 0 Å². The van der Waals surface area contributed by atoms with E-state index in [9.17, 15) is 9.90 Å². The van der Waals surface area contributed by atoms with Crippen molar-refractivity contribution in [3.05, 3.63) is 28.8 Å². The van der Waals surface area contributed by atoms with Crippen LogP contribution in [0, 0.1) is 0 Å². The summed E-state index contributed by atoms with van der Waals surface area (Å²) in [5.41, 5.74) is 0.365. The lowest BCUT2D eigenvalue weighted by Crippen LogP contribution is -2.09. The smallest absolute Gasteiger partial charge is 0.180 e. The van der Waals surface area contributed by atoms with Gasteiger partial charge in [-0.2, -0.15) is 0 Å². The Labute approximate surface area is 86.1 Å². The SMILES string of the molecule is CC(Cl)C(=O)c1ccc(Cl)c(O)c1. The highest BCUT2D eigenvalue weighted by atomic mass is 35.5. The van der Waals surface area contributed by atoms with Crippen molar-refractivity contribution in [2.45, 2.75) is 12.3 Å². The van der Waals surface area contributed by atoms with Gasteiger partial charge in [-0.3, -0.25) is 4.79 Å². The average molecular weight is 219 g/mol. The van der Waals surface area contributed by atoms with E-state index in [1.54, 1.807) is 6.92 Å². The van der Waals surface area contributed by atoms with Gasteiger partial charge in [0.2, 0.25) is 0 Å². The van der Waals surface area contributed by atoms with E-state index >= 15 is 0 Å². The Balaban J connectivity index is 3.04.